The molecule has 2 unspecified atom stereocenters. The van der Waals surface area contributed by atoms with Crippen molar-refractivity contribution in [2.45, 2.75) is 91.1 Å². The molecule has 2 rings (SSSR count). The summed E-state index contributed by atoms with van der Waals surface area (Å²) < 4.78 is 0. The number of hydrogen-bond donors (Lipinski definition) is 2. The third-order valence-corrected chi connectivity index (χ3v) is 6.23. The Morgan fingerprint density at radius 2 is 0.853 bits per heavy atom. The average molecular weight is 552 g/mol. The van der Waals surface area contributed by atoms with Crippen LogP contribution >= 0.6 is 20.4 Å². The van der Waals surface area contributed by atoms with E-state index in [1.807, 2.05) is 0 Å². The van der Waals surface area contributed by atoms with E-state index in [1.54, 1.807) is 0 Å². The van der Waals surface area contributed by atoms with Crippen molar-refractivity contribution >= 4 is 20.4 Å². The van der Waals surface area contributed by atoms with Crippen LogP contribution < -0.4 is 11.5 Å². The molecule has 0 radical (unpaired) electrons. The van der Waals surface area contributed by atoms with Gasteiger partial charge in [-0.25, -0.2) is 0 Å². The van der Waals surface area contributed by atoms with Gasteiger partial charge in [-0.15, -0.1) is 13.1 Å². The molecular weight excluding hydrogens is 508 g/mol. The number of hydrogen-bond acceptors (Lipinski definition) is 2. The van der Waals surface area contributed by atoms with Crippen LogP contribution in [0.4, 0.5) is 0 Å². The molecule has 0 saturated heterocycles. The van der Waals surface area contributed by atoms with Crippen molar-refractivity contribution in [1.29, 1.82) is 0 Å². The summed E-state index contributed by atoms with van der Waals surface area (Å²) in [6.07, 6.45) is 0. The van der Waals surface area contributed by atoms with Crippen LogP contribution in [0, 0.1) is 0 Å². The molecule has 34 heavy (non-hydrogen) atoms. The molecule has 2 aromatic rings. The van der Waals surface area contributed by atoms with Gasteiger partial charge in [0.1, 0.15) is 0 Å². The van der Waals surface area contributed by atoms with Crippen LogP contribution in [0.25, 0.3) is 5.32 Å². The third-order valence-electron chi connectivity index (χ3n) is 6.23. The second-order valence-corrected chi connectivity index (χ2v) is 11.8. The molecule has 195 valence electrons. The summed E-state index contributed by atoms with van der Waals surface area (Å²) in [7, 11) is 9.40. The monoisotopic (exact) mass is 550 g/mol. The summed E-state index contributed by atoms with van der Waals surface area (Å²) in [5, 5.41) is 4.88. The second-order valence-electron chi connectivity index (χ2n) is 10.2. The van der Waals surface area contributed by atoms with Gasteiger partial charge in [0.15, 0.2) is 0 Å². The minimum absolute atomic E-state index is 0.104. The molecule has 0 saturated carbocycles. The molecule has 4 N–H and O–H groups in total. The van der Waals surface area contributed by atoms with Gasteiger partial charge in [0.05, 0.1) is 0 Å². The van der Waals surface area contributed by atoms with Crippen molar-refractivity contribution in [2.24, 2.45) is 11.5 Å². The van der Waals surface area contributed by atoms with Crippen LogP contribution in [0.5, 0.6) is 0 Å². The van der Waals surface area contributed by atoms with Crippen LogP contribution in [0.3, 0.4) is 0 Å². The Bertz CT molecular complexity index is 747. The fraction of sp³-hybridized carbons (Fsp3) is 0.571. The molecule has 6 heteroatoms. The molecule has 3 nitrogen and oxygen atoms in total. The summed E-state index contributed by atoms with van der Waals surface area (Å²) in [6, 6.07) is 13.0. The molecule has 0 bridgehead atoms. The molecule has 2 atom stereocenters. The standard InChI is InChI=1S/C28H44N3.2ClH.Ni/c1-17(2)21-11-9-12-22(18(3)4)27(21)25(29)15-31-16-26(30)28-23(19(5)6)13-10-14-24(28)20(7)8;;;/h9-14,17-20,25-26H,15-16,29-30H2,1-8H3;2*1H;/q-1;;;+3/p-2. The molecule has 0 aliphatic heterocycles. The zero-order chi connectivity index (χ0) is 26.0. The predicted molar refractivity (Wildman–Crippen MR) is 148 cm³/mol. The molecule has 0 fully saturated rings. The Hall–Kier alpha value is -0.606. The Labute approximate surface area is 223 Å². The maximum absolute atomic E-state index is 6.72. The van der Waals surface area contributed by atoms with Gasteiger partial charge in [0.2, 0.25) is 0 Å². The van der Waals surface area contributed by atoms with Crippen LogP contribution in [-0.4, -0.2) is 13.1 Å². The van der Waals surface area contributed by atoms with E-state index in [4.69, 9.17) is 37.2 Å². The summed E-state index contributed by atoms with van der Waals surface area (Å²) >= 11 is 0.569. The summed E-state index contributed by atoms with van der Waals surface area (Å²) in [6.45, 7) is 19.1. The van der Waals surface area contributed by atoms with E-state index in [-0.39, 0.29) is 12.1 Å². The topological polar surface area (TPSA) is 66.1 Å². The van der Waals surface area contributed by atoms with Crippen molar-refractivity contribution in [2.75, 3.05) is 13.1 Å². The van der Waals surface area contributed by atoms with E-state index >= 15 is 0 Å². The zero-order valence-electron chi connectivity index (χ0n) is 22.0. The molecule has 0 aliphatic carbocycles. The summed E-state index contributed by atoms with van der Waals surface area (Å²) in [5.41, 5.74) is 21.3. The van der Waals surface area contributed by atoms with Crippen LogP contribution in [-0.2, 0) is 12.7 Å². The molecule has 2 aromatic carbocycles. The Balaban J connectivity index is 0.00000182. The van der Waals surface area contributed by atoms with Crippen molar-refractivity contribution in [1.82, 2.24) is 0 Å². The first-order chi connectivity index (χ1) is 16.0. The van der Waals surface area contributed by atoms with E-state index in [2.05, 4.69) is 91.8 Å². The first kappa shape index (κ1) is 31.4. The van der Waals surface area contributed by atoms with Gasteiger partial charge in [-0.3, -0.25) is 0 Å². The summed E-state index contributed by atoms with van der Waals surface area (Å²) in [5.74, 6) is 1.75. The first-order valence-corrected chi connectivity index (χ1v) is 14.9. The van der Waals surface area contributed by atoms with E-state index < -0.39 is 0 Å². The number of nitrogens with two attached hydrogens (primary N) is 2. The van der Waals surface area contributed by atoms with E-state index in [0.717, 1.165) is 0 Å². The second kappa shape index (κ2) is 15.5. The van der Waals surface area contributed by atoms with Crippen molar-refractivity contribution in [3.8, 4) is 0 Å². The van der Waals surface area contributed by atoms with Gasteiger partial charge in [-0.2, -0.15) is 0 Å². The fourth-order valence-corrected chi connectivity index (χ4v) is 4.61. The first-order valence-electron chi connectivity index (χ1n) is 12.2. The van der Waals surface area contributed by atoms with E-state index in [1.165, 1.54) is 33.4 Å². The van der Waals surface area contributed by atoms with Gasteiger partial charge < -0.3 is 16.8 Å². The molecule has 0 aliphatic rings. The minimum atomic E-state index is -0.104. The SMILES string of the molecule is CC(C)c1cccc(C(C)C)c1C(N)C[N-]CC(N)c1c(C(C)C)cccc1C(C)C.[Cl][Ni+][Cl]. The Morgan fingerprint density at radius 1 is 0.618 bits per heavy atom. The van der Waals surface area contributed by atoms with E-state index in [0.29, 0.717) is 49.4 Å². The van der Waals surface area contributed by atoms with Crippen molar-refractivity contribution < 1.29 is 12.7 Å². The molecular formula is C28H44Cl2N3Ni. The maximum atomic E-state index is 6.72. The van der Waals surface area contributed by atoms with Crippen molar-refractivity contribution in [3.63, 3.8) is 0 Å². The fourth-order valence-electron chi connectivity index (χ4n) is 4.61. The van der Waals surface area contributed by atoms with Crippen LogP contribution in [0.15, 0.2) is 36.4 Å². The molecule has 0 spiro atoms. The normalized spacial score (nSPS) is 13.5. The number of rotatable bonds is 10. The Morgan fingerprint density at radius 3 is 1.06 bits per heavy atom. The quantitative estimate of drug-likeness (QED) is 0.290. The average Bonchev–Trinajstić information content (AvgIpc) is 2.78. The molecule has 0 heterocycles. The van der Waals surface area contributed by atoms with Crippen molar-refractivity contribution in [3.05, 3.63) is 75.1 Å². The van der Waals surface area contributed by atoms with Gasteiger partial charge in [0.25, 0.3) is 0 Å². The zero-order valence-corrected chi connectivity index (χ0v) is 24.5. The Kier molecular flexibility index (Phi) is 14.3. The number of nitrogens with zero attached hydrogens (tertiary/aromatic N) is 1. The van der Waals surface area contributed by atoms with Gasteiger partial charge >= 0.3 is 33.0 Å². The number of benzene rings is 2. The predicted octanol–water partition coefficient (Wildman–Crippen LogP) is 8.63. The molecule has 0 amide bonds. The van der Waals surface area contributed by atoms with Gasteiger partial charge in [0, 0.05) is 12.1 Å². The van der Waals surface area contributed by atoms with Gasteiger partial charge in [-0.1, -0.05) is 91.8 Å². The number of halogens is 2. The van der Waals surface area contributed by atoms with Crippen LogP contribution in [0.2, 0.25) is 0 Å². The molecule has 0 aromatic heterocycles. The van der Waals surface area contributed by atoms with Crippen LogP contribution in [0.1, 0.15) is 125 Å². The third kappa shape index (κ3) is 8.80. The summed E-state index contributed by atoms with van der Waals surface area (Å²) in [4.78, 5) is 0. The van der Waals surface area contributed by atoms with E-state index in [9.17, 15) is 0 Å². The van der Waals surface area contributed by atoms with Gasteiger partial charge in [-0.05, 0) is 57.1 Å².